The predicted octanol–water partition coefficient (Wildman–Crippen LogP) is 14.0. The largest absolute Gasteiger partial charge is 0.292 e. The molecule has 0 bridgehead atoms. The number of rotatable bonds is 15. The minimum atomic E-state index is 0.777. The summed E-state index contributed by atoms with van der Waals surface area (Å²) in [4.78, 5) is 23.1. The van der Waals surface area contributed by atoms with Crippen molar-refractivity contribution in [2.45, 2.75) is 52.0 Å². The molecular formula is C61H52N6. The SMILES string of the molecule is c1ccc(CN(CCCCc2ccc3ccc4cccc5ccc2c3c45)Cc2ccccn2)nc1.c1ccc(CN(Cc2ccccn2)Cc2ccc3ccc4cccc5ccc2c3c45)nc1. The summed E-state index contributed by atoms with van der Waals surface area (Å²) in [5.74, 6) is 0. The Morgan fingerprint density at radius 1 is 0.284 bits per heavy atom. The molecule has 0 unspecified atom stereocenters. The smallest absolute Gasteiger partial charge is 0.0544 e. The minimum absolute atomic E-state index is 0.777. The van der Waals surface area contributed by atoms with E-state index in [9.17, 15) is 0 Å². The van der Waals surface area contributed by atoms with Crippen molar-refractivity contribution in [2.75, 3.05) is 6.54 Å². The van der Waals surface area contributed by atoms with Crippen LogP contribution >= 0.6 is 0 Å². The van der Waals surface area contributed by atoms with Gasteiger partial charge in [-0.05, 0) is 150 Å². The van der Waals surface area contributed by atoms with E-state index < -0.39 is 0 Å². The highest BCUT2D eigenvalue weighted by molar-refractivity contribution is 6.24. The van der Waals surface area contributed by atoms with Crippen molar-refractivity contribution in [3.8, 4) is 0 Å². The van der Waals surface area contributed by atoms with Gasteiger partial charge in [0.05, 0.1) is 22.8 Å². The monoisotopic (exact) mass is 868 g/mol. The van der Waals surface area contributed by atoms with Crippen LogP contribution in [-0.4, -0.2) is 36.3 Å². The average Bonchev–Trinajstić information content (AvgIpc) is 3.38. The van der Waals surface area contributed by atoms with Crippen LogP contribution in [0, 0.1) is 0 Å². The molecule has 0 aliphatic rings. The molecule has 326 valence electrons. The number of nitrogens with zero attached hydrogens (tertiary/aromatic N) is 6. The fourth-order valence-electron chi connectivity index (χ4n) is 10.1. The second-order valence-corrected chi connectivity index (χ2v) is 17.8. The van der Waals surface area contributed by atoms with Gasteiger partial charge in [-0.1, -0.05) is 133 Å². The van der Waals surface area contributed by atoms with Crippen LogP contribution in [0.1, 0.15) is 46.7 Å². The summed E-state index contributed by atoms with van der Waals surface area (Å²) in [5.41, 5.74) is 7.15. The number of aromatic nitrogens is 4. The Bertz CT molecular complexity index is 3390. The van der Waals surface area contributed by atoms with Gasteiger partial charge in [0.2, 0.25) is 0 Å². The Hall–Kier alpha value is -7.64. The fourth-order valence-corrected chi connectivity index (χ4v) is 10.1. The number of aryl methyl sites for hydroxylation is 1. The first-order valence-electron chi connectivity index (χ1n) is 23.6. The highest BCUT2D eigenvalue weighted by Gasteiger charge is 2.16. The topological polar surface area (TPSA) is 58.0 Å². The average molecular weight is 869 g/mol. The van der Waals surface area contributed by atoms with E-state index in [2.05, 4.69) is 187 Å². The highest BCUT2D eigenvalue weighted by atomic mass is 15.1. The Morgan fingerprint density at radius 2 is 0.657 bits per heavy atom. The lowest BCUT2D eigenvalue weighted by Gasteiger charge is -2.23. The quantitative estimate of drug-likeness (QED) is 0.0756. The maximum Gasteiger partial charge on any atom is 0.0544 e. The van der Waals surface area contributed by atoms with Crippen LogP contribution in [0.15, 0.2) is 207 Å². The number of hydrogen-bond acceptors (Lipinski definition) is 6. The Kier molecular flexibility index (Phi) is 12.2. The minimum Gasteiger partial charge on any atom is -0.292 e. The van der Waals surface area contributed by atoms with Gasteiger partial charge >= 0.3 is 0 Å². The van der Waals surface area contributed by atoms with Gasteiger partial charge < -0.3 is 0 Å². The summed E-state index contributed by atoms with van der Waals surface area (Å²) in [5, 5.41) is 16.2. The molecule has 0 N–H and O–H groups in total. The van der Waals surface area contributed by atoms with Crippen molar-refractivity contribution in [3.05, 3.63) is 241 Å². The summed E-state index contributed by atoms with van der Waals surface area (Å²) in [6.07, 6.45) is 10.9. The maximum absolute atomic E-state index is 4.57. The molecule has 4 heterocycles. The van der Waals surface area contributed by atoms with Gasteiger partial charge in [-0.15, -0.1) is 0 Å². The van der Waals surface area contributed by atoms with Crippen molar-refractivity contribution in [2.24, 2.45) is 0 Å². The molecule has 0 saturated carbocycles. The van der Waals surface area contributed by atoms with E-state index in [-0.39, 0.29) is 0 Å². The Labute approximate surface area is 391 Å². The molecule has 0 aliphatic carbocycles. The number of benzene rings is 8. The molecule has 4 aromatic heterocycles. The zero-order valence-electron chi connectivity index (χ0n) is 37.7. The third kappa shape index (κ3) is 9.28. The lowest BCUT2D eigenvalue weighted by atomic mass is 9.90. The van der Waals surface area contributed by atoms with Crippen molar-refractivity contribution < 1.29 is 0 Å². The Balaban J connectivity index is 0.000000148. The van der Waals surface area contributed by atoms with Gasteiger partial charge in [-0.3, -0.25) is 29.7 Å². The first kappa shape index (κ1) is 42.0. The normalized spacial score (nSPS) is 11.8. The number of pyridine rings is 4. The van der Waals surface area contributed by atoms with Crippen molar-refractivity contribution in [3.63, 3.8) is 0 Å². The van der Waals surface area contributed by atoms with Crippen LogP contribution in [0.5, 0.6) is 0 Å². The molecule has 6 heteroatoms. The van der Waals surface area contributed by atoms with Crippen molar-refractivity contribution in [1.82, 2.24) is 29.7 Å². The summed E-state index contributed by atoms with van der Waals surface area (Å²) in [7, 11) is 0. The van der Waals surface area contributed by atoms with E-state index in [4.69, 9.17) is 0 Å². The second kappa shape index (κ2) is 19.4. The van der Waals surface area contributed by atoms with E-state index >= 15 is 0 Å². The van der Waals surface area contributed by atoms with Gasteiger partial charge in [-0.25, -0.2) is 0 Å². The van der Waals surface area contributed by atoms with Crippen LogP contribution in [0.25, 0.3) is 64.6 Å². The standard InChI is InChI=1S/C32H29N3.C29H23N3/c1-4-19-33-28(11-1)22-35(23-29-12-2-5-20-34-29)21-6-3-8-24-13-14-27-16-15-25-9-7-10-26-17-18-30(24)32(27)31(25)26;1-3-16-30-25(8-1)19-32(20-26-9-2-4-17-31-26)18-24-13-12-23-11-10-21-6-5-7-22-14-15-27(24)29(23)28(21)22/h1-2,4-5,7,9-20H,3,6,8,21-23H2;1-17H,18-20H2. The van der Waals surface area contributed by atoms with E-state index in [1.54, 1.807) is 0 Å². The number of unbranched alkanes of at least 4 members (excludes halogenated alkanes) is 1. The maximum atomic E-state index is 4.57. The molecule has 0 atom stereocenters. The number of hydrogen-bond donors (Lipinski definition) is 0. The third-order valence-electron chi connectivity index (χ3n) is 13.2. The second-order valence-electron chi connectivity index (χ2n) is 17.8. The third-order valence-corrected chi connectivity index (χ3v) is 13.2. The van der Waals surface area contributed by atoms with E-state index in [1.165, 1.54) is 75.8 Å². The van der Waals surface area contributed by atoms with Crippen LogP contribution in [-0.2, 0) is 39.1 Å². The molecule has 8 aromatic carbocycles. The molecule has 0 amide bonds. The van der Waals surface area contributed by atoms with Crippen LogP contribution in [0.2, 0.25) is 0 Å². The fraction of sp³-hybridized carbons (Fsp3) is 0.148. The molecule has 0 spiro atoms. The van der Waals surface area contributed by atoms with Gasteiger partial charge in [-0.2, -0.15) is 0 Å². The van der Waals surface area contributed by atoms with Crippen LogP contribution in [0.3, 0.4) is 0 Å². The lowest BCUT2D eigenvalue weighted by molar-refractivity contribution is 0.242. The molecule has 0 radical (unpaired) electrons. The molecular weight excluding hydrogens is 817 g/mol. The van der Waals surface area contributed by atoms with E-state index in [0.29, 0.717) is 0 Å². The van der Waals surface area contributed by atoms with Gasteiger partial charge in [0.1, 0.15) is 0 Å². The molecule has 0 aliphatic heterocycles. The summed E-state index contributed by atoms with van der Waals surface area (Å²) in [6, 6.07) is 65.0. The highest BCUT2D eigenvalue weighted by Crippen LogP contribution is 2.38. The summed E-state index contributed by atoms with van der Waals surface area (Å²) in [6.45, 7) is 5.10. The van der Waals surface area contributed by atoms with Crippen LogP contribution in [0.4, 0.5) is 0 Å². The molecule has 0 saturated heterocycles. The summed E-state index contributed by atoms with van der Waals surface area (Å²) >= 11 is 0. The molecule has 12 aromatic rings. The zero-order valence-corrected chi connectivity index (χ0v) is 37.7. The molecule has 0 fully saturated rings. The van der Waals surface area contributed by atoms with Crippen molar-refractivity contribution in [1.29, 1.82) is 0 Å². The first-order chi connectivity index (χ1) is 33.2. The first-order valence-corrected chi connectivity index (χ1v) is 23.6. The lowest BCUT2D eigenvalue weighted by Crippen LogP contribution is -2.25. The van der Waals surface area contributed by atoms with E-state index in [0.717, 1.165) is 81.3 Å². The zero-order chi connectivity index (χ0) is 44.8. The van der Waals surface area contributed by atoms with Crippen molar-refractivity contribution >= 4 is 64.6 Å². The Morgan fingerprint density at radius 3 is 1.09 bits per heavy atom. The summed E-state index contributed by atoms with van der Waals surface area (Å²) < 4.78 is 0. The molecule has 6 nitrogen and oxygen atoms in total. The predicted molar refractivity (Wildman–Crippen MR) is 277 cm³/mol. The van der Waals surface area contributed by atoms with Gasteiger partial charge in [0.15, 0.2) is 0 Å². The van der Waals surface area contributed by atoms with Gasteiger partial charge in [0.25, 0.3) is 0 Å². The molecule has 12 rings (SSSR count). The van der Waals surface area contributed by atoms with E-state index in [1.807, 2.05) is 49.1 Å². The molecule has 67 heavy (non-hydrogen) atoms. The van der Waals surface area contributed by atoms with Gasteiger partial charge in [0, 0.05) is 57.5 Å². The van der Waals surface area contributed by atoms with Crippen LogP contribution < -0.4 is 0 Å².